The van der Waals surface area contributed by atoms with Crippen molar-refractivity contribution in [3.05, 3.63) is 124 Å². The number of nitro benzene ring substituents is 1. The number of benzene rings is 4. The molecule has 1 N–H and O–H groups in total. The zero-order chi connectivity index (χ0) is 33.8. The SMILES string of the molecule is CN1CCC(Oc2ccc(-c3cccc(NC(=O)c4cn(Cc5ccc([N+](=O)[O-])cc5)nn4)c3)c(-c3cccc(C(F)(F)F)c3)c2)CC1. The number of likely N-dealkylation sites (tertiary alicyclic amines) is 1. The molecule has 6 rings (SSSR count). The average molecular weight is 657 g/mol. The molecule has 0 aliphatic carbocycles. The first-order valence-corrected chi connectivity index (χ1v) is 15.2. The molecule has 4 aromatic carbocycles. The number of piperidine rings is 1. The molecule has 48 heavy (non-hydrogen) atoms. The van der Waals surface area contributed by atoms with Crippen molar-refractivity contribution in [1.29, 1.82) is 0 Å². The number of amides is 1. The van der Waals surface area contributed by atoms with Gasteiger partial charge in [-0.3, -0.25) is 14.9 Å². The number of rotatable bonds is 9. The molecule has 0 saturated carbocycles. The molecular formula is C35H31F3N6O4. The summed E-state index contributed by atoms with van der Waals surface area (Å²) in [5, 5.41) is 21.7. The van der Waals surface area contributed by atoms with Crippen LogP contribution in [-0.4, -0.2) is 57.0 Å². The Hall–Kier alpha value is -5.56. The minimum absolute atomic E-state index is 0.00653. The first-order chi connectivity index (χ1) is 23.0. The lowest BCUT2D eigenvalue weighted by atomic mass is 9.93. The maximum Gasteiger partial charge on any atom is 0.416 e. The van der Waals surface area contributed by atoms with Gasteiger partial charge in [0.1, 0.15) is 11.9 Å². The summed E-state index contributed by atoms with van der Waals surface area (Å²) in [5.41, 5.74) is 2.74. The molecule has 2 heterocycles. The lowest BCUT2D eigenvalue weighted by molar-refractivity contribution is -0.384. The summed E-state index contributed by atoms with van der Waals surface area (Å²) in [5.74, 6) is 0.0593. The van der Waals surface area contributed by atoms with Gasteiger partial charge < -0.3 is 15.0 Å². The summed E-state index contributed by atoms with van der Waals surface area (Å²) in [6, 6.07) is 23.6. The Labute approximate surface area is 273 Å². The van der Waals surface area contributed by atoms with Gasteiger partial charge in [-0.15, -0.1) is 5.10 Å². The number of ether oxygens (including phenoxy) is 1. The summed E-state index contributed by atoms with van der Waals surface area (Å²) in [7, 11) is 2.06. The van der Waals surface area contributed by atoms with Crippen molar-refractivity contribution in [3.63, 3.8) is 0 Å². The van der Waals surface area contributed by atoms with Crippen LogP contribution in [0.3, 0.4) is 0 Å². The molecule has 1 fully saturated rings. The van der Waals surface area contributed by atoms with Crippen molar-refractivity contribution in [3.8, 4) is 28.0 Å². The maximum absolute atomic E-state index is 13.7. The molecule has 1 saturated heterocycles. The van der Waals surface area contributed by atoms with Crippen molar-refractivity contribution < 1.29 is 27.6 Å². The quantitative estimate of drug-likeness (QED) is 0.131. The summed E-state index contributed by atoms with van der Waals surface area (Å²) in [6.07, 6.45) is -1.33. The highest BCUT2D eigenvalue weighted by Gasteiger charge is 2.31. The van der Waals surface area contributed by atoms with Gasteiger partial charge in [-0.1, -0.05) is 47.7 Å². The molecule has 1 aromatic heterocycles. The molecule has 0 bridgehead atoms. The fraction of sp³-hybridized carbons (Fsp3) is 0.229. The number of hydrogen-bond acceptors (Lipinski definition) is 7. The van der Waals surface area contributed by atoms with Crippen LogP contribution in [0.1, 0.15) is 34.5 Å². The van der Waals surface area contributed by atoms with Crippen LogP contribution < -0.4 is 10.1 Å². The first kappa shape index (κ1) is 32.4. The fourth-order valence-corrected chi connectivity index (χ4v) is 5.59. The van der Waals surface area contributed by atoms with Crippen LogP contribution in [0.4, 0.5) is 24.5 Å². The van der Waals surface area contributed by atoms with Crippen molar-refractivity contribution in [2.75, 3.05) is 25.5 Å². The number of anilines is 1. The summed E-state index contributed by atoms with van der Waals surface area (Å²) >= 11 is 0. The van der Waals surface area contributed by atoms with Gasteiger partial charge in [0.05, 0.1) is 23.2 Å². The highest BCUT2D eigenvalue weighted by atomic mass is 19.4. The number of non-ortho nitro benzene ring substituents is 1. The van der Waals surface area contributed by atoms with Crippen LogP contribution in [0, 0.1) is 10.1 Å². The van der Waals surface area contributed by atoms with Crippen LogP contribution >= 0.6 is 0 Å². The van der Waals surface area contributed by atoms with E-state index in [1.807, 2.05) is 18.2 Å². The number of hydrogen-bond donors (Lipinski definition) is 1. The number of nitrogens with zero attached hydrogens (tertiary/aromatic N) is 5. The highest BCUT2D eigenvalue weighted by Crippen LogP contribution is 2.39. The van der Waals surface area contributed by atoms with E-state index in [1.54, 1.807) is 42.5 Å². The van der Waals surface area contributed by atoms with Gasteiger partial charge in [-0.25, -0.2) is 4.68 Å². The molecule has 246 valence electrons. The molecule has 1 aliphatic rings. The standard InChI is InChI=1S/C35H31F3N6O4/c1-42-16-14-29(15-17-42)48-30-12-13-31(32(20-30)24-4-2-6-26(18-24)35(36,37)38)25-5-3-7-27(19-25)39-34(45)33-22-43(41-40-33)21-23-8-10-28(11-9-23)44(46)47/h2-13,18-20,22,29H,14-17,21H2,1H3,(H,39,45). The lowest BCUT2D eigenvalue weighted by Gasteiger charge is -2.29. The Balaban J connectivity index is 1.24. The zero-order valence-corrected chi connectivity index (χ0v) is 25.9. The predicted octanol–water partition coefficient (Wildman–Crippen LogP) is 7.31. The van der Waals surface area contributed by atoms with Crippen LogP contribution in [0.25, 0.3) is 22.3 Å². The Bertz CT molecular complexity index is 1940. The lowest BCUT2D eigenvalue weighted by Crippen LogP contribution is -2.35. The minimum atomic E-state index is -4.51. The molecule has 0 radical (unpaired) electrons. The number of carbonyl (C=O) groups is 1. The zero-order valence-electron chi connectivity index (χ0n) is 25.9. The number of nitro groups is 1. The molecule has 1 amide bonds. The summed E-state index contributed by atoms with van der Waals surface area (Å²) in [6.45, 7) is 2.05. The molecule has 0 atom stereocenters. The monoisotopic (exact) mass is 656 g/mol. The summed E-state index contributed by atoms with van der Waals surface area (Å²) < 4.78 is 48.8. The van der Waals surface area contributed by atoms with E-state index < -0.39 is 22.6 Å². The third-order valence-electron chi connectivity index (χ3n) is 8.15. The molecule has 0 spiro atoms. The van der Waals surface area contributed by atoms with E-state index in [0.29, 0.717) is 33.7 Å². The van der Waals surface area contributed by atoms with E-state index >= 15 is 0 Å². The maximum atomic E-state index is 13.7. The van der Waals surface area contributed by atoms with E-state index in [0.717, 1.165) is 43.6 Å². The number of carbonyl (C=O) groups excluding carboxylic acids is 1. The molecule has 1 aliphatic heterocycles. The second-order valence-electron chi connectivity index (χ2n) is 11.7. The fourth-order valence-electron chi connectivity index (χ4n) is 5.59. The second-order valence-corrected chi connectivity index (χ2v) is 11.7. The molecular weight excluding hydrogens is 625 g/mol. The third-order valence-corrected chi connectivity index (χ3v) is 8.15. The molecule has 0 unspecified atom stereocenters. The largest absolute Gasteiger partial charge is 0.490 e. The van der Waals surface area contributed by atoms with Crippen LogP contribution in [0.15, 0.2) is 97.2 Å². The van der Waals surface area contributed by atoms with E-state index in [4.69, 9.17) is 4.74 Å². The molecule has 13 heteroatoms. The molecule has 5 aromatic rings. The Morgan fingerprint density at radius 2 is 1.67 bits per heavy atom. The van der Waals surface area contributed by atoms with Gasteiger partial charge >= 0.3 is 6.18 Å². The minimum Gasteiger partial charge on any atom is -0.490 e. The number of aromatic nitrogens is 3. The average Bonchev–Trinajstić information content (AvgIpc) is 3.54. The Morgan fingerprint density at radius 3 is 2.38 bits per heavy atom. The summed E-state index contributed by atoms with van der Waals surface area (Å²) in [4.78, 5) is 25.7. The van der Waals surface area contributed by atoms with Gasteiger partial charge in [0.15, 0.2) is 5.69 Å². The number of halogens is 3. The van der Waals surface area contributed by atoms with Gasteiger partial charge in [-0.2, -0.15) is 13.2 Å². The Kier molecular flexibility index (Phi) is 9.21. The van der Waals surface area contributed by atoms with Crippen molar-refractivity contribution >= 4 is 17.3 Å². The van der Waals surface area contributed by atoms with Crippen LogP contribution in [-0.2, 0) is 12.7 Å². The van der Waals surface area contributed by atoms with Crippen molar-refractivity contribution in [1.82, 2.24) is 19.9 Å². The predicted molar refractivity (Wildman–Crippen MR) is 174 cm³/mol. The van der Waals surface area contributed by atoms with E-state index in [1.165, 1.54) is 29.1 Å². The smallest absolute Gasteiger partial charge is 0.416 e. The van der Waals surface area contributed by atoms with Gasteiger partial charge in [0, 0.05) is 30.9 Å². The van der Waals surface area contributed by atoms with E-state index in [9.17, 15) is 28.1 Å². The first-order valence-electron chi connectivity index (χ1n) is 15.2. The topological polar surface area (TPSA) is 115 Å². The highest BCUT2D eigenvalue weighted by molar-refractivity contribution is 6.03. The van der Waals surface area contributed by atoms with Gasteiger partial charge in [-0.05, 0) is 84.1 Å². The van der Waals surface area contributed by atoms with Gasteiger partial charge in [0.2, 0.25) is 0 Å². The van der Waals surface area contributed by atoms with Gasteiger partial charge in [0.25, 0.3) is 11.6 Å². The Morgan fingerprint density at radius 1 is 0.958 bits per heavy atom. The second kappa shape index (κ2) is 13.7. The van der Waals surface area contributed by atoms with Crippen molar-refractivity contribution in [2.45, 2.75) is 31.7 Å². The molecule has 10 nitrogen and oxygen atoms in total. The van der Waals surface area contributed by atoms with Crippen molar-refractivity contribution in [2.24, 2.45) is 0 Å². The van der Waals surface area contributed by atoms with E-state index in [-0.39, 0.29) is 24.0 Å². The normalized spacial score (nSPS) is 14.1. The number of nitrogens with one attached hydrogen (secondary N) is 1. The van der Waals surface area contributed by atoms with Crippen LogP contribution in [0.2, 0.25) is 0 Å². The van der Waals surface area contributed by atoms with E-state index in [2.05, 4.69) is 27.6 Å². The van der Waals surface area contributed by atoms with Crippen LogP contribution in [0.5, 0.6) is 5.75 Å². The number of alkyl halides is 3. The third kappa shape index (κ3) is 7.69.